The van der Waals surface area contributed by atoms with E-state index in [4.69, 9.17) is 24.4 Å². The van der Waals surface area contributed by atoms with E-state index in [-0.39, 0.29) is 39.0 Å². The molecule has 5 nitrogen and oxygen atoms in total. The molecule has 0 aromatic rings. The van der Waals surface area contributed by atoms with Crippen molar-refractivity contribution in [2.24, 2.45) is 0 Å². The SMILES string of the molecule is CCC(CC/C=C/CCO)OCOCOC(CC)CC/C=C/CCO. The van der Waals surface area contributed by atoms with E-state index >= 15 is 0 Å². The Bertz CT molecular complexity index is 287. The zero-order chi connectivity index (χ0) is 18.6. The predicted octanol–water partition coefficient (Wildman–Crippen LogP) is 3.95. The molecule has 2 atom stereocenters. The summed E-state index contributed by atoms with van der Waals surface area (Å²) in [7, 11) is 0. The van der Waals surface area contributed by atoms with E-state index in [0.29, 0.717) is 12.8 Å². The second-order valence-electron chi connectivity index (χ2n) is 5.96. The van der Waals surface area contributed by atoms with Crippen molar-refractivity contribution in [2.75, 3.05) is 26.8 Å². The van der Waals surface area contributed by atoms with Crippen LogP contribution in [0.15, 0.2) is 24.3 Å². The van der Waals surface area contributed by atoms with Crippen LogP contribution in [-0.2, 0) is 14.2 Å². The molecule has 148 valence electrons. The van der Waals surface area contributed by atoms with Gasteiger partial charge in [0.1, 0.15) is 13.6 Å². The van der Waals surface area contributed by atoms with E-state index in [0.717, 1.165) is 38.5 Å². The van der Waals surface area contributed by atoms with Gasteiger partial charge in [-0.15, -0.1) is 0 Å². The minimum absolute atomic E-state index is 0.192. The zero-order valence-corrected chi connectivity index (χ0v) is 16.1. The van der Waals surface area contributed by atoms with E-state index in [1.807, 2.05) is 12.2 Å². The van der Waals surface area contributed by atoms with Gasteiger partial charge in [-0.2, -0.15) is 0 Å². The van der Waals surface area contributed by atoms with Gasteiger partial charge in [-0.05, 0) is 51.4 Å². The minimum Gasteiger partial charge on any atom is -0.396 e. The Morgan fingerprint density at radius 3 is 1.44 bits per heavy atom. The summed E-state index contributed by atoms with van der Waals surface area (Å²) in [6.07, 6.45) is 15.7. The molecule has 0 spiro atoms. The van der Waals surface area contributed by atoms with Gasteiger partial charge in [0.2, 0.25) is 0 Å². The standard InChI is InChI=1S/C20H38O5/c1-3-19(13-9-5-7-11-15-21)24-17-23-18-25-20(4-2)14-10-6-8-12-16-22/h5-8,19-22H,3-4,9-18H2,1-2H3/b7-5+,8-6+. The van der Waals surface area contributed by atoms with Gasteiger partial charge in [-0.25, -0.2) is 0 Å². The maximum atomic E-state index is 8.71. The lowest BCUT2D eigenvalue weighted by atomic mass is 10.1. The van der Waals surface area contributed by atoms with E-state index in [9.17, 15) is 0 Å². The second kappa shape index (κ2) is 19.6. The van der Waals surface area contributed by atoms with Crippen LogP contribution in [0.4, 0.5) is 0 Å². The summed E-state index contributed by atoms with van der Waals surface area (Å²) >= 11 is 0. The molecule has 2 unspecified atom stereocenters. The van der Waals surface area contributed by atoms with Crippen LogP contribution in [0.5, 0.6) is 0 Å². The normalized spacial score (nSPS) is 14.6. The molecule has 0 radical (unpaired) electrons. The molecule has 2 N–H and O–H groups in total. The molecule has 0 saturated heterocycles. The number of hydrogen-bond donors (Lipinski definition) is 2. The fraction of sp³-hybridized carbons (Fsp3) is 0.800. The third-order valence-corrected chi connectivity index (χ3v) is 3.92. The van der Waals surface area contributed by atoms with Gasteiger partial charge in [0.25, 0.3) is 0 Å². The molecule has 0 rings (SSSR count). The number of allylic oxidation sites excluding steroid dienone is 2. The van der Waals surface area contributed by atoms with Crippen molar-refractivity contribution < 1.29 is 24.4 Å². The average molecular weight is 359 g/mol. The summed E-state index contributed by atoms with van der Waals surface area (Å²) in [6.45, 7) is 5.13. The number of aliphatic hydroxyl groups excluding tert-OH is 2. The first-order valence-corrected chi connectivity index (χ1v) is 9.61. The van der Waals surface area contributed by atoms with Crippen molar-refractivity contribution in [3.63, 3.8) is 0 Å². The van der Waals surface area contributed by atoms with Crippen LogP contribution in [-0.4, -0.2) is 49.2 Å². The lowest BCUT2D eigenvalue weighted by Gasteiger charge is -2.18. The van der Waals surface area contributed by atoms with Crippen molar-refractivity contribution in [1.29, 1.82) is 0 Å². The van der Waals surface area contributed by atoms with Crippen molar-refractivity contribution in [1.82, 2.24) is 0 Å². The molecular formula is C20H38O5. The highest BCUT2D eigenvalue weighted by Gasteiger charge is 2.07. The summed E-state index contributed by atoms with van der Waals surface area (Å²) in [5, 5.41) is 17.4. The first kappa shape index (κ1) is 24.3. The van der Waals surface area contributed by atoms with Crippen LogP contribution in [0.2, 0.25) is 0 Å². The van der Waals surface area contributed by atoms with Crippen molar-refractivity contribution in [3.05, 3.63) is 24.3 Å². The van der Waals surface area contributed by atoms with Crippen LogP contribution in [0, 0.1) is 0 Å². The maximum absolute atomic E-state index is 8.71. The van der Waals surface area contributed by atoms with Crippen LogP contribution >= 0.6 is 0 Å². The van der Waals surface area contributed by atoms with Crippen LogP contribution in [0.3, 0.4) is 0 Å². The Kier molecular flexibility index (Phi) is 19.0. The van der Waals surface area contributed by atoms with E-state index < -0.39 is 0 Å². The van der Waals surface area contributed by atoms with Gasteiger partial charge in [-0.3, -0.25) is 0 Å². The Labute approximate surface area is 153 Å². The number of hydrogen-bond acceptors (Lipinski definition) is 5. The molecule has 0 aliphatic carbocycles. The highest BCUT2D eigenvalue weighted by Crippen LogP contribution is 2.10. The fourth-order valence-electron chi connectivity index (χ4n) is 2.32. The Hall–Kier alpha value is -0.720. The van der Waals surface area contributed by atoms with Crippen molar-refractivity contribution in [3.8, 4) is 0 Å². The highest BCUT2D eigenvalue weighted by atomic mass is 16.7. The average Bonchev–Trinajstić information content (AvgIpc) is 2.64. The van der Waals surface area contributed by atoms with Crippen LogP contribution in [0.25, 0.3) is 0 Å². The largest absolute Gasteiger partial charge is 0.396 e. The maximum Gasteiger partial charge on any atom is 0.149 e. The monoisotopic (exact) mass is 358 g/mol. The Balaban J connectivity index is 3.68. The molecule has 0 fully saturated rings. The molecule has 25 heavy (non-hydrogen) atoms. The third kappa shape index (κ3) is 16.5. The second-order valence-corrected chi connectivity index (χ2v) is 5.96. The van der Waals surface area contributed by atoms with Gasteiger partial charge >= 0.3 is 0 Å². The molecule has 0 saturated carbocycles. The van der Waals surface area contributed by atoms with Crippen LogP contribution < -0.4 is 0 Å². The molecule has 0 aliphatic rings. The van der Waals surface area contributed by atoms with Gasteiger partial charge in [-0.1, -0.05) is 38.2 Å². The molecule has 0 aromatic heterocycles. The molecule has 0 aromatic carbocycles. The molecule has 0 aliphatic heterocycles. The number of ether oxygens (including phenoxy) is 3. The van der Waals surface area contributed by atoms with E-state index in [2.05, 4.69) is 26.0 Å². The topological polar surface area (TPSA) is 68.2 Å². The Morgan fingerprint density at radius 2 is 1.08 bits per heavy atom. The number of aliphatic hydroxyl groups is 2. The summed E-state index contributed by atoms with van der Waals surface area (Å²) in [4.78, 5) is 0. The predicted molar refractivity (Wildman–Crippen MR) is 101 cm³/mol. The van der Waals surface area contributed by atoms with Gasteiger partial charge in [0.15, 0.2) is 0 Å². The summed E-state index contributed by atoms with van der Waals surface area (Å²) in [5.74, 6) is 0. The van der Waals surface area contributed by atoms with Crippen molar-refractivity contribution >= 4 is 0 Å². The van der Waals surface area contributed by atoms with Crippen LogP contribution in [0.1, 0.15) is 65.2 Å². The van der Waals surface area contributed by atoms with E-state index in [1.54, 1.807) is 0 Å². The molecule has 0 bridgehead atoms. The van der Waals surface area contributed by atoms with E-state index in [1.165, 1.54) is 0 Å². The van der Waals surface area contributed by atoms with Gasteiger partial charge in [0.05, 0.1) is 12.2 Å². The van der Waals surface area contributed by atoms with Gasteiger partial charge in [0, 0.05) is 13.2 Å². The number of rotatable bonds is 18. The third-order valence-electron chi connectivity index (χ3n) is 3.92. The first-order valence-electron chi connectivity index (χ1n) is 9.61. The summed E-state index contributed by atoms with van der Waals surface area (Å²) in [6, 6.07) is 0. The summed E-state index contributed by atoms with van der Waals surface area (Å²) < 4.78 is 16.9. The minimum atomic E-state index is 0.192. The smallest absolute Gasteiger partial charge is 0.149 e. The zero-order valence-electron chi connectivity index (χ0n) is 16.1. The van der Waals surface area contributed by atoms with Crippen molar-refractivity contribution in [2.45, 2.75) is 77.4 Å². The highest BCUT2D eigenvalue weighted by molar-refractivity contribution is 4.82. The van der Waals surface area contributed by atoms with Gasteiger partial charge < -0.3 is 24.4 Å². The fourth-order valence-corrected chi connectivity index (χ4v) is 2.32. The molecule has 5 heteroatoms. The molecule has 0 heterocycles. The quantitative estimate of drug-likeness (QED) is 0.221. The lowest BCUT2D eigenvalue weighted by Crippen LogP contribution is -2.18. The molecular weight excluding hydrogens is 320 g/mol. The lowest BCUT2D eigenvalue weighted by molar-refractivity contribution is -0.166. The summed E-state index contributed by atoms with van der Waals surface area (Å²) in [5.41, 5.74) is 0. The first-order chi connectivity index (χ1) is 12.3. The molecule has 0 amide bonds. The Morgan fingerprint density at radius 1 is 0.680 bits per heavy atom.